The number of rotatable bonds is 7. The first kappa shape index (κ1) is 25.3. The van der Waals surface area contributed by atoms with E-state index in [2.05, 4.69) is 15.3 Å². The molecule has 1 aliphatic rings. The zero-order valence-corrected chi connectivity index (χ0v) is 19.7. The molecule has 0 saturated carbocycles. The van der Waals surface area contributed by atoms with E-state index in [1.165, 1.54) is 18.3 Å². The molecule has 2 atom stereocenters. The van der Waals surface area contributed by atoms with Gasteiger partial charge in [0.2, 0.25) is 0 Å². The van der Waals surface area contributed by atoms with Crippen LogP contribution < -0.4 is 26.4 Å². The van der Waals surface area contributed by atoms with Gasteiger partial charge in [0, 0.05) is 37.0 Å². The maximum absolute atomic E-state index is 14.8. The van der Waals surface area contributed by atoms with Gasteiger partial charge in [-0.1, -0.05) is 6.92 Å². The fraction of sp³-hybridized carbons (Fsp3) is 0.320. The number of nitrogens with one attached hydrogen (secondary N) is 1. The monoisotopic (exact) mass is 498 g/mol. The standard InChI is InChI=1S/C25H28F2N6O3/c1-2-7-36-16-3-4-18(26)17(9-16)23-19(27)10-20(29)24(32-23)25(35)31-21-11-30-6-5-22(21)33-12-14(28)8-15(34)13-33/h3-6,9-11,14-15,34H,2,7-8,12-13,28-29H2,1H3,(H,31,35)/t14-,15+/m0/s1. The number of pyridine rings is 2. The number of benzene rings is 1. The van der Waals surface area contributed by atoms with Crippen molar-refractivity contribution in [2.24, 2.45) is 5.73 Å². The molecule has 1 fully saturated rings. The van der Waals surface area contributed by atoms with Crippen LogP contribution in [0.15, 0.2) is 42.7 Å². The predicted molar refractivity (Wildman–Crippen MR) is 133 cm³/mol. The van der Waals surface area contributed by atoms with Crippen LogP contribution in [0.1, 0.15) is 30.3 Å². The number of carbonyl (C=O) groups excluding carboxylic acids is 1. The van der Waals surface area contributed by atoms with Crippen molar-refractivity contribution in [1.29, 1.82) is 0 Å². The van der Waals surface area contributed by atoms with Crippen molar-refractivity contribution in [3.8, 4) is 17.0 Å². The number of aromatic nitrogens is 2. The Kier molecular flexibility index (Phi) is 7.61. The number of aliphatic hydroxyl groups excluding tert-OH is 1. The van der Waals surface area contributed by atoms with Gasteiger partial charge in [0.1, 0.15) is 17.3 Å². The number of β-amino-alcohol motifs (C(OH)–C–C–N with tert-alkyl or cyclic N) is 1. The van der Waals surface area contributed by atoms with Crippen LogP contribution in [0, 0.1) is 11.6 Å². The third kappa shape index (κ3) is 5.52. The van der Waals surface area contributed by atoms with Crippen molar-refractivity contribution in [2.75, 3.05) is 35.6 Å². The van der Waals surface area contributed by atoms with E-state index in [-0.39, 0.29) is 28.7 Å². The van der Waals surface area contributed by atoms with Crippen molar-refractivity contribution in [1.82, 2.24) is 9.97 Å². The Bertz CT molecular complexity index is 1250. The Labute approximate surface area is 207 Å². The number of carbonyl (C=O) groups is 1. The molecule has 0 radical (unpaired) electrons. The molecule has 9 nitrogen and oxygen atoms in total. The lowest BCUT2D eigenvalue weighted by molar-refractivity contribution is 0.102. The van der Waals surface area contributed by atoms with Crippen molar-refractivity contribution in [3.05, 3.63) is 60.1 Å². The lowest BCUT2D eigenvalue weighted by Crippen LogP contribution is -2.49. The minimum absolute atomic E-state index is 0.159. The van der Waals surface area contributed by atoms with E-state index in [1.807, 2.05) is 11.8 Å². The van der Waals surface area contributed by atoms with Gasteiger partial charge in [-0.3, -0.25) is 9.78 Å². The van der Waals surface area contributed by atoms with Gasteiger partial charge in [-0.05, 0) is 37.1 Å². The molecule has 6 N–H and O–H groups in total. The Morgan fingerprint density at radius 3 is 2.81 bits per heavy atom. The molecule has 11 heteroatoms. The van der Waals surface area contributed by atoms with Crippen molar-refractivity contribution < 1.29 is 23.4 Å². The number of piperidine rings is 1. The minimum Gasteiger partial charge on any atom is -0.494 e. The van der Waals surface area contributed by atoms with Crippen LogP contribution >= 0.6 is 0 Å². The Balaban J connectivity index is 1.65. The highest BCUT2D eigenvalue weighted by molar-refractivity contribution is 6.08. The van der Waals surface area contributed by atoms with E-state index >= 15 is 0 Å². The number of hydrogen-bond acceptors (Lipinski definition) is 8. The topological polar surface area (TPSA) is 140 Å². The molecule has 190 valence electrons. The summed E-state index contributed by atoms with van der Waals surface area (Å²) in [6, 6.07) is 6.29. The van der Waals surface area contributed by atoms with Gasteiger partial charge in [-0.2, -0.15) is 0 Å². The summed E-state index contributed by atoms with van der Waals surface area (Å²) < 4.78 is 35.0. The number of nitrogen functional groups attached to an aromatic ring is 1. The number of anilines is 3. The van der Waals surface area contributed by atoms with Gasteiger partial charge < -0.3 is 31.5 Å². The molecule has 2 aromatic heterocycles. The largest absolute Gasteiger partial charge is 0.494 e. The Morgan fingerprint density at radius 1 is 1.25 bits per heavy atom. The highest BCUT2D eigenvalue weighted by Gasteiger charge is 2.26. The van der Waals surface area contributed by atoms with E-state index in [9.17, 15) is 18.7 Å². The second kappa shape index (κ2) is 10.8. The number of halogens is 2. The van der Waals surface area contributed by atoms with E-state index in [0.717, 1.165) is 18.6 Å². The molecule has 3 aromatic rings. The highest BCUT2D eigenvalue weighted by atomic mass is 19.1. The quantitative estimate of drug-likeness (QED) is 0.390. The number of nitrogens with zero attached hydrogens (tertiary/aromatic N) is 3. The summed E-state index contributed by atoms with van der Waals surface area (Å²) in [5, 5.41) is 12.8. The second-order valence-electron chi connectivity index (χ2n) is 8.65. The summed E-state index contributed by atoms with van der Waals surface area (Å²) in [6.45, 7) is 3.13. The summed E-state index contributed by atoms with van der Waals surface area (Å²) in [4.78, 5) is 23.2. The summed E-state index contributed by atoms with van der Waals surface area (Å²) >= 11 is 0. The number of ether oxygens (including phenoxy) is 1. The third-order valence-corrected chi connectivity index (χ3v) is 5.73. The maximum atomic E-state index is 14.8. The molecule has 0 unspecified atom stereocenters. The molecule has 0 spiro atoms. The molecule has 36 heavy (non-hydrogen) atoms. The average Bonchev–Trinajstić information content (AvgIpc) is 2.83. The van der Waals surface area contributed by atoms with Crippen molar-refractivity contribution >= 4 is 23.0 Å². The fourth-order valence-electron chi connectivity index (χ4n) is 4.12. The van der Waals surface area contributed by atoms with Gasteiger partial charge in [0.15, 0.2) is 11.5 Å². The molecule has 1 aromatic carbocycles. The first-order valence-corrected chi connectivity index (χ1v) is 11.6. The van der Waals surface area contributed by atoms with E-state index in [0.29, 0.717) is 43.2 Å². The molecule has 1 amide bonds. The number of hydrogen-bond donors (Lipinski definition) is 4. The average molecular weight is 499 g/mol. The SMILES string of the molecule is CCCOc1ccc(F)c(-c2nc(C(=O)Nc3cnccc3N3C[C@@H](N)C[C@@H](O)C3)c(N)cc2F)c1. The van der Waals surface area contributed by atoms with Crippen molar-refractivity contribution in [2.45, 2.75) is 31.9 Å². The minimum atomic E-state index is -0.881. The lowest BCUT2D eigenvalue weighted by atomic mass is 10.0. The van der Waals surface area contributed by atoms with Crippen LogP contribution in [0.2, 0.25) is 0 Å². The van der Waals surface area contributed by atoms with Gasteiger partial charge in [-0.25, -0.2) is 13.8 Å². The molecule has 1 aliphatic heterocycles. The van der Waals surface area contributed by atoms with Gasteiger partial charge in [0.25, 0.3) is 5.91 Å². The van der Waals surface area contributed by atoms with Crippen LogP contribution in [0.5, 0.6) is 5.75 Å². The molecule has 0 aliphatic carbocycles. The normalized spacial score (nSPS) is 17.6. The highest BCUT2D eigenvalue weighted by Crippen LogP contribution is 2.31. The number of amides is 1. The fourth-order valence-corrected chi connectivity index (χ4v) is 4.12. The molecular formula is C25H28F2N6O3. The molecule has 4 rings (SSSR count). The van der Waals surface area contributed by atoms with Crippen molar-refractivity contribution in [3.63, 3.8) is 0 Å². The second-order valence-corrected chi connectivity index (χ2v) is 8.65. The Morgan fingerprint density at radius 2 is 2.06 bits per heavy atom. The van der Waals surface area contributed by atoms with Gasteiger partial charge in [0.05, 0.1) is 36.0 Å². The van der Waals surface area contributed by atoms with Gasteiger partial charge >= 0.3 is 0 Å². The first-order chi connectivity index (χ1) is 17.3. The zero-order chi connectivity index (χ0) is 25.8. The first-order valence-electron chi connectivity index (χ1n) is 11.6. The zero-order valence-electron chi connectivity index (χ0n) is 19.7. The smallest absolute Gasteiger partial charge is 0.276 e. The van der Waals surface area contributed by atoms with Crippen LogP contribution in [0.3, 0.4) is 0 Å². The summed E-state index contributed by atoms with van der Waals surface area (Å²) in [5.41, 5.74) is 11.9. The van der Waals surface area contributed by atoms with Crippen LogP contribution in [-0.2, 0) is 0 Å². The Hall–Kier alpha value is -3.83. The van der Waals surface area contributed by atoms with E-state index in [1.54, 1.807) is 12.3 Å². The molecule has 1 saturated heterocycles. The molecule has 3 heterocycles. The third-order valence-electron chi connectivity index (χ3n) is 5.73. The maximum Gasteiger partial charge on any atom is 0.276 e. The van der Waals surface area contributed by atoms with Gasteiger partial charge in [-0.15, -0.1) is 0 Å². The van der Waals surface area contributed by atoms with E-state index < -0.39 is 23.6 Å². The summed E-state index contributed by atoms with van der Waals surface area (Å²) in [6.07, 6.45) is 3.59. The summed E-state index contributed by atoms with van der Waals surface area (Å²) in [5.74, 6) is -1.99. The summed E-state index contributed by atoms with van der Waals surface area (Å²) in [7, 11) is 0. The molecule has 0 bridgehead atoms. The van der Waals surface area contributed by atoms with E-state index in [4.69, 9.17) is 16.2 Å². The predicted octanol–water partition coefficient (Wildman–Crippen LogP) is 2.94. The number of aliphatic hydroxyl groups is 1. The molecular weight excluding hydrogens is 470 g/mol. The lowest BCUT2D eigenvalue weighted by Gasteiger charge is -2.36. The van der Waals surface area contributed by atoms with Crippen LogP contribution in [-0.4, -0.2) is 52.8 Å². The van der Waals surface area contributed by atoms with Crippen LogP contribution in [0.25, 0.3) is 11.3 Å². The van der Waals surface area contributed by atoms with Crippen LogP contribution in [0.4, 0.5) is 25.8 Å². The number of nitrogens with two attached hydrogens (primary N) is 2.